The Morgan fingerprint density at radius 3 is 2.38 bits per heavy atom. The quantitative estimate of drug-likeness (QED) is 0.343. The lowest BCUT2D eigenvalue weighted by atomic mass is 9.56. The molecule has 0 bridgehead atoms. The highest BCUT2D eigenvalue weighted by molar-refractivity contribution is 6.53. The molecule has 0 spiro atoms. The van der Waals surface area contributed by atoms with Gasteiger partial charge in [-0.2, -0.15) is 0 Å². The van der Waals surface area contributed by atoms with Crippen LogP contribution in [0.4, 0.5) is 0 Å². The Kier molecular flexibility index (Phi) is 5.86. The van der Waals surface area contributed by atoms with Crippen LogP contribution >= 0.6 is 23.2 Å². The lowest BCUT2D eigenvalue weighted by Gasteiger charge is -2.50. The number of hydrogen-bond donors (Lipinski definition) is 1. The Bertz CT molecular complexity index is 1460. The van der Waals surface area contributed by atoms with Gasteiger partial charge in [-0.3, -0.25) is 29.0 Å². The van der Waals surface area contributed by atoms with Crippen molar-refractivity contribution in [3.8, 4) is 11.5 Å². The van der Waals surface area contributed by atoms with Gasteiger partial charge in [-0.15, -0.1) is 23.2 Å². The molecule has 6 atom stereocenters. The van der Waals surface area contributed by atoms with Crippen molar-refractivity contribution in [2.75, 3.05) is 14.2 Å². The van der Waals surface area contributed by atoms with Crippen LogP contribution in [0.25, 0.3) is 0 Å². The van der Waals surface area contributed by atoms with Crippen molar-refractivity contribution < 1.29 is 29.0 Å². The molecule has 1 N–H and O–H groups in total. The minimum Gasteiger partial charge on any atom is -0.504 e. The molecule has 6 rings (SSSR count). The zero-order chi connectivity index (χ0) is 27.9. The number of halogens is 2. The van der Waals surface area contributed by atoms with Gasteiger partial charge in [-0.05, 0) is 30.4 Å². The minimum absolute atomic E-state index is 0.0978. The summed E-state index contributed by atoms with van der Waals surface area (Å²) in [6, 6.07) is 14.1. The average molecular weight is 569 g/mol. The zero-order valence-corrected chi connectivity index (χ0v) is 22.8. The molecule has 10 heteroatoms. The standard InChI is InChI=1S/C29H26Cl2N2O6/c1-32-26(37)28(30)13-19-16(22(29(28,31)27(32)38)18-9-6-10-20(39-2)23(18)34)11-12-17-21(19)25(36)33(24(17)35)14-15-7-4-3-5-8-15/h3-11,17,19,21-22,34H,12-14H2,1-2H3. The van der Waals surface area contributed by atoms with E-state index in [0.29, 0.717) is 5.57 Å². The Balaban J connectivity index is 1.50. The number of rotatable bonds is 4. The fourth-order valence-corrected chi connectivity index (χ4v) is 8.02. The highest BCUT2D eigenvalue weighted by Crippen LogP contribution is 2.66. The van der Waals surface area contributed by atoms with E-state index in [1.807, 2.05) is 36.4 Å². The Hall–Kier alpha value is -3.36. The van der Waals surface area contributed by atoms with E-state index in [9.17, 15) is 24.3 Å². The first-order valence-corrected chi connectivity index (χ1v) is 13.5. The first kappa shape index (κ1) is 25.9. The number of methoxy groups -OCH3 is 1. The van der Waals surface area contributed by atoms with E-state index in [0.717, 1.165) is 10.5 Å². The summed E-state index contributed by atoms with van der Waals surface area (Å²) >= 11 is 14.3. The largest absolute Gasteiger partial charge is 0.504 e. The van der Waals surface area contributed by atoms with Gasteiger partial charge in [0.25, 0.3) is 11.8 Å². The van der Waals surface area contributed by atoms with Crippen LogP contribution in [0.15, 0.2) is 60.2 Å². The molecule has 4 aliphatic rings. The number of para-hydroxylation sites is 1. The molecule has 2 aromatic rings. The van der Waals surface area contributed by atoms with Gasteiger partial charge in [0.15, 0.2) is 21.2 Å². The number of imide groups is 2. The fraction of sp³-hybridized carbons (Fsp3) is 0.379. The van der Waals surface area contributed by atoms with E-state index >= 15 is 0 Å². The molecule has 2 aromatic carbocycles. The van der Waals surface area contributed by atoms with Gasteiger partial charge in [0.1, 0.15) is 0 Å². The predicted octanol–water partition coefficient (Wildman–Crippen LogP) is 3.59. The monoisotopic (exact) mass is 568 g/mol. The van der Waals surface area contributed by atoms with Crippen LogP contribution < -0.4 is 4.74 Å². The fourth-order valence-electron chi connectivity index (χ4n) is 7.01. The Morgan fingerprint density at radius 1 is 0.974 bits per heavy atom. The number of alkyl halides is 2. The van der Waals surface area contributed by atoms with E-state index in [4.69, 9.17) is 27.9 Å². The van der Waals surface area contributed by atoms with Gasteiger partial charge in [0.05, 0.1) is 25.5 Å². The smallest absolute Gasteiger partial charge is 0.253 e. The van der Waals surface area contributed by atoms with Crippen molar-refractivity contribution in [2.45, 2.75) is 35.1 Å². The Labute approximate surface area is 235 Å². The molecule has 6 unspecified atom stereocenters. The number of ether oxygens (including phenoxy) is 1. The van der Waals surface area contributed by atoms with Crippen LogP contribution in [-0.4, -0.2) is 62.4 Å². The molecule has 4 amide bonds. The average Bonchev–Trinajstić information content (AvgIpc) is 3.24. The van der Waals surface area contributed by atoms with E-state index < -0.39 is 45.2 Å². The first-order valence-electron chi connectivity index (χ1n) is 12.7. The summed E-state index contributed by atoms with van der Waals surface area (Å²) in [5.74, 6) is -5.13. The van der Waals surface area contributed by atoms with Crippen LogP contribution in [0.5, 0.6) is 11.5 Å². The summed E-state index contributed by atoms with van der Waals surface area (Å²) in [7, 11) is 2.73. The van der Waals surface area contributed by atoms with Crippen LogP contribution in [0.1, 0.15) is 29.9 Å². The third-order valence-electron chi connectivity index (χ3n) is 8.85. The summed E-state index contributed by atoms with van der Waals surface area (Å²) in [5, 5.41) is 11.2. The van der Waals surface area contributed by atoms with Crippen molar-refractivity contribution in [1.29, 1.82) is 0 Å². The second-order valence-corrected chi connectivity index (χ2v) is 11.9. The van der Waals surface area contributed by atoms with Crippen LogP contribution in [0.3, 0.4) is 0 Å². The number of fused-ring (bicyclic) bond motifs is 4. The van der Waals surface area contributed by atoms with Gasteiger partial charge in [0, 0.05) is 18.5 Å². The van der Waals surface area contributed by atoms with Crippen molar-refractivity contribution in [2.24, 2.45) is 17.8 Å². The Morgan fingerprint density at radius 2 is 1.69 bits per heavy atom. The second kappa shape index (κ2) is 8.83. The third-order valence-corrected chi connectivity index (χ3v) is 10.3. The zero-order valence-electron chi connectivity index (χ0n) is 21.3. The summed E-state index contributed by atoms with van der Waals surface area (Å²) < 4.78 is 5.31. The molecule has 2 heterocycles. The van der Waals surface area contributed by atoms with Crippen molar-refractivity contribution in [3.05, 3.63) is 71.3 Å². The van der Waals surface area contributed by atoms with Gasteiger partial charge in [0.2, 0.25) is 11.8 Å². The number of likely N-dealkylation sites (tertiary alicyclic amines) is 2. The van der Waals surface area contributed by atoms with Gasteiger partial charge in [-0.1, -0.05) is 54.1 Å². The molecule has 39 heavy (non-hydrogen) atoms. The number of carbonyl (C=O) groups is 4. The molecule has 3 fully saturated rings. The van der Waals surface area contributed by atoms with Crippen molar-refractivity contribution in [1.82, 2.24) is 9.80 Å². The minimum atomic E-state index is -1.96. The molecule has 8 nitrogen and oxygen atoms in total. The molecule has 0 aromatic heterocycles. The number of amides is 4. The lowest BCUT2D eigenvalue weighted by Crippen LogP contribution is -2.60. The number of carbonyl (C=O) groups excluding carboxylic acids is 4. The van der Waals surface area contributed by atoms with E-state index in [2.05, 4.69) is 0 Å². The van der Waals surface area contributed by atoms with Crippen molar-refractivity contribution in [3.63, 3.8) is 0 Å². The number of phenolic OH excluding ortho intramolecular Hbond substituents is 1. The van der Waals surface area contributed by atoms with Gasteiger partial charge >= 0.3 is 0 Å². The van der Waals surface area contributed by atoms with Crippen LogP contribution in [0, 0.1) is 17.8 Å². The van der Waals surface area contributed by atoms with E-state index in [1.54, 1.807) is 18.2 Å². The second-order valence-electron chi connectivity index (χ2n) is 10.6. The number of benzene rings is 2. The molecule has 2 aliphatic carbocycles. The molecule has 0 radical (unpaired) electrons. The SMILES string of the molecule is COc1cccc(C2C3=CCC4C(=O)N(Cc5ccccc5)C(=O)C4C3CC3(Cl)C(=O)N(C)C(=O)C23Cl)c1O. The maximum atomic E-state index is 13.9. The summed E-state index contributed by atoms with van der Waals surface area (Å²) in [4.78, 5) is 52.8. The van der Waals surface area contributed by atoms with Gasteiger partial charge < -0.3 is 9.84 Å². The van der Waals surface area contributed by atoms with Crippen molar-refractivity contribution >= 4 is 46.8 Å². The van der Waals surface area contributed by atoms with E-state index in [-0.39, 0.29) is 48.3 Å². The molecule has 2 saturated heterocycles. The highest BCUT2D eigenvalue weighted by atomic mass is 35.5. The molecule has 202 valence electrons. The number of allylic oxidation sites excluding steroid dienone is 2. The number of phenols is 1. The number of hydrogen-bond acceptors (Lipinski definition) is 6. The summed E-state index contributed by atoms with van der Waals surface area (Å²) in [6.45, 7) is 0.138. The maximum Gasteiger partial charge on any atom is 0.253 e. The lowest BCUT2D eigenvalue weighted by molar-refractivity contribution is -0.141. The predicted molar refractivity (Wildman–Crippen MR) is 142 cm³/mol. The number of nitrogens with zero attached hydrogens (tertiary/aromatic N) is 2. The number of aromatic hydroxyl groups is 1. The molecule has 1 saturated carbocycles. The molecular weight excluding hydrogens is 543 g/mol. The van der Waals surface area contributed by atoms with Gasteiger partial charge in [-0.25, -0.2) is 0 Å². The van der Waals surface area contributed by atoms with E-state index in [1.165, 1.54) is 19.1 Å². The van der Waals surface area contributed by atoms with Crippen LogP contribution in [0.2, 0.25) is 0 Å². The molecular formula is C29H26Cl2N2O6. The highest BCUT2D eigenvalue weighted by Gasteiger charge is 2.76. The first-order chi connectivity index (χ1) is 18.6. The maximum absolute atomic E-state index is 13.9. The normalized spacial score (nSPS) is 33.6. The third kappa shape index (κ3) is 3.31. The topological polar surface area (TPSA) is 104 Å². The summed E-state index contributed by atoms with van der Waals surface area (Å²) in [6.07, 6.45) is 2.00. The summed E-state index contributed by atoms with van der Waals surface area (Å²) in [5.41, 5.74) is 1.70. The van der Waals surface area contributed by atoms with Crippen LogP contribution in [-0.2, 0) is 25.7 Å². The molecule has 2 aliphatic heterocycles.